The molecule has 0 radical (unpaired) electrons. The third-order valence-electron chi connectivity index (χ3n) is 5.67. The molecule has 1 amide bonds. The van der Waals surface area contributed by atoms with E-state index in [0.717, 1.165) is 31.6 Å². The highest BCUT2D eigenvalue weighted by molar-refractivity contribution is 6.34. The first-order valence-corrected chi connectivity index (χ1v) is 10.3. The summed E-state index contributed by atoms with van der Waals surface area (Å²) in [4.78, 5) is 39.8. The van der Waals surface area contributed by atoms with Gasteiger partial charge in [0, 0.05) is 27.2 Å². The predicted molar refractivity (Wildman–Crippen MR) is 120 cm³/mol. The van der Waals surface area contributed by atoms with Crippen LogP contribution in [0.25, 0.3) is 11.0 Å². The summed E-state index contributed by atoms with van der Waals surface area (Å²) in [5.41, 5.74) is 1.80. The SMILES string of the molecule is Cn1c(=O)c(=O)n(C)c2cc(N3CCCCC3)c(NC(=O)c3ccccc3Cl)cc21. The number of fused-ring (bicyclic) bond motifs is 1. The van der Waals surface area contributed by atoms with E-state index in [9.17, 15) is 14.4 Å². The van der Waals surface area contributed by atoms with Crippen LogP contribution in [0.4, 0.5) is 11.4 Å². The van der Waals surface area contributed by atoms with E-state index < -0.39 is 11.1 Å². The largest absolute Gasteiger partial charge is 0.370 e. The summed E-state index contributed by atoms with van der Waals surface area (Å²) >= 11 is 6.20. The maximum Gasteiger partial charge on any atom is 0.316 e. The fraction of sp³-hybridized carbons (Fsp3) is 0.318. The zero-order valence-corrected chi connectivity index (χ0v) is 17.7. The number of anilines is 2. The molecule has 0 atom stereocenters. The van der Waals surface area contributed by atoms with Crippen molar-refractivity contribution in [3.05, 3.63) is 67.7 Å². The highest BCUT2D eigenvalue weighted by Gasteiger charge is 2.20. The zero-order valence-electron chi connectivity index (χ0n) is 16.9. The van der Waals surface area contributed by atoms with Gasteiger partial charge in [-0.2, -0.15) is 0 Å². The first-order valence-electron chi connectivity index (χ1n) is 9.93. The molecule has 1 saturated heterocycles. The average molecular weight is 427 g/mol. The third-order valence-corrected chi connectivity index (χ3v) is 6.00. The van der Waals surface area contributed by atoms with E-state index >= 15 is 0 Å². The highest BCUT2D eigenvalue weighted by Crippen LogP contribution is 2.33. The number of carbonyl (C=O) groups excluding carboxylic acids is 1. The minimum atomic E-state index is -0.612. The van der Waals surface area contributed by atoms with Crippen LogP contribution in [0.1, 0.15) is 29.6 Å². The van der Waals surface area contributed by atoms with Gasteiger partial charge in [-0.1, -0.05) is 23.7 Å². The Bertz CT molecular complexity index is 1260. The van der Waals surface area contributed by atoms with Crippen molar-refractivity contribution in [2.45, 2.75) is 19.3 Å². The Balaban J connectivity index is 1.89. The fourth-order valence-corrected chi connectivity index (χ4v) is 4.16. The van der Waals surface area contributed by atoms with E-state index in [0.29, 0.717) is 27.3 Å². The summed E-state index contributed by atoms with van der Waals surface area (Å²) in [7, 11) is 3.15. The lowest BCUT2D eigenvalue weighted by Gasteiger charge is -2.31. The molecule has 1 fully saturated rings. The molecular weight excluding hydrogens is 404 g/mol. The summed E-state index contributed by atoms with van der Waals surface area (Å²) in [6.07, 6.45) is 3.28. The van der Waals surface area contributed by atoms with Gasteiger partial charge < -0.3 is 19.4 Å². The monoisotopic (exact) mass is 426 g/mol. The normalized spacial score (nSPS) is 14.2. The molecule has 0 bridgehead atoms. The summed E-state index contributed by atoms with van der Waals surface area (Å²) in [6.45, 7) is 1.72. The van der Waals surface area contributed by atoms with Crippen LogP contribution in [0, 0.1) is 0 Å². The van der Waals surface area contributed by atoms with Crippen molar-refractivity contribution in [1.29, 1.82) is 0 Å². The molecule has 0 spiro atoms. The van der Waals surface area contributed by atoms with Crippen LogP contribution in [-0.2, 0) is 14.1 Å². The first kappa shape index (κ1) is 20.2. The van der Waals surface area contributed by atoms with Crippen molar-refractivity contribution in [2.24, 2.45) is 14.1 Å². The number of amides is 1. The molecule has 2 heterocycles. The van der Waals surface area contributed by atoms with Gasteiger partial charge in [0.25, 0.3) is 5.91 Å². The Labute approximate surface area is 178 Å². The Kier molecular flexibility index (Phi) is 5.39. The van der Waals surface area contributed by atoms with Crippen molar-refractivity contribution >= 4 is 39.9 Å². The molecule has 4 rings (SSSR count). The van der Waals surface area contributed by atoms with Crippen LogP contribution < -0.4 is 21.3 Å². The number of halogens is 1. The van der Waals surface area contributed by atoms with E-state index in [1.165, 1.54) is 15.6 Å². The fourth-order valence-electron chi connectivity index (χ4n) is 3.94. The van der Waals surface area contributed by atoms with Crippen LogP contribution in [0.2, 0.25) is 5.02 Å². The summed E-state index contributed by atoms with van der Waals surface area (Å²) in [5, 5.41) is 3.34. The second-order valence-corrected chi connectivity index (χ2v) is 7.98. The molecule has 1 aromatic heterocycles. The maximum atomic E-state index is 12.9. The molecule has 7 nitrogen and oxygen atoms in total. The maximum absolute atomic E-state index is 12.9. The molecule has 1 aliphatic rings. The molecule has 3 aromatic rings. The third kappa shape index (κ3) is 3.50. The van der Waals surface area contributed by atoms with Crippen LogP contribution in [0.3, 0.4) is 0 Å². The van der Waals surface area contributed by atoms with Crippen LogP contribution in [0.15, 0.2) is 46.0 Å². The summed E-state index contributed by atoms with van der Waals surface area (Å²) < 4.78 is 2.69. The number of benzene rings is 2. The van der Waals surface area contributed by atoms with Gasteiger partial charge in [0.2, 0.25) is 0 Å². The van der Waals surface area contributed by atoms with Crippen molar-refractivity contribution in [1.82, 2.24) is 9.13 Å². The molecule has 30 heavy (non-hydrogen) atoms. The van der Waals surface area contributed by atoms with E-state index in [2.05, 4.69) is 10.2 Å². The quantitative estimate of drug-likeness (QED) is 0.653. The van der Waals surface area contributed by atoms with Crippen LogP contribution in [-0.4, -0.2) is 28.1 Å². The molecular formula is C22H23ClN4O3. The smallest absolute Gasteiger partial charge is 0.316 e. The number of nitrogens with zero attached hydrogens (tertiary/aromatic N) is 3. The molecule has 2 aromatic carbocycles. The lowest BCUT2D eigenvalue weighted by atomic mass is 10.1. The first-order chi connectivity index (χ1) is 14.4. The Morgan fingerprint density at radius 2 is 1.53 bits per heavy atom. The van der Waals surface area contributed by atoms with Gasteiger partial charge in [-0.15, -0.1) is 0 Å². The van der Waals surface area contributed by atoms with Gasteiger partial charge in [0.05, 0.1) is 33.0 Å². The Morgan fingerprint density at radius 3 is 2.17 bits per heavy atom. The number of carbonyl (C=O) groups is 1. The second kappa shape index (κ2) is 7.99. The van der Waals surface area contributed by atoms with Gasteiger partial charge >= 0.3 is 11.1 Å². The molecule has 1 N–H and O–H groups in total. The van der Waals surface area contributed by atoms with Gasteiger partial charge in [0.1, 0.15) is 0 Å². The van der Waals surface area contributed by atoms with Crippen molar-refractivity contribution < 1.29 is 4.79 Å². The van der Waals surface area contributed by atoms with Gasteiger partial charge in [-0.3, -0.25) is 14.4 Å². The molecule has 0 saturated carbocycles. The van der Waals surface area contributed by atoms with E-state index in [1.54, 1.807) is 44.4 Å². The van der Waals surface area contributed by atoms with Crippen molar-refractivity contribution in [3.8, 4) is 0 Å². The number of piperidine rings is 1. The molecule has 1 aliphatic heterocycles. The lowest BCUT2D eigenvalue weighted by molar-refractivity contribution is 0.102. The van der Waals surface area contributed by atoms with Crippen LogP contribution >= 0.6 is 11.6 Å². The highest BCUT2D eigenvalue weighted by atomic mass is 35.5. The molecule has 0 aliphatic carbocycles. The Hall–Kier alpha value is -3.06. The van der Waals surface area contributed by atoms with Gasteiger partial charge in [-0.25, -0.2) is 0 Å². The Morgan fingerprint density at radius 1 is 0.933 bits per heavy atom. The van der Waals surface area contributed by atoms with Crippen LogP contribution in [0.5, 0.6) is 0 Å². The molecule has 0 unspecified atom stereocenters. The van der Waals surface area contributed by atoms with E-state index in [-0.39, 0.29) is 5.91 Å². The molecule has 156 valence electrons. The average Bonchev–Trinajstić information content (AvgIpc) is 2.76. The van der Waals surface area contributed by atoms with Gasteiger partial charge in [-0.05, 0) is 43.5 Å². The number of hydrogen-bond acceptors (Lipinski definition) is 4. The number of rotatable bonds is 3. The number of hydrogen-bond donors (Lipinski definition) is 1. The molecule has 8 heteroatoms. The number of aromatic nitrogens is 2. The lowest BCUT2D eigenvalue weighted by Crippen LogP contribution is -2.39. The zero-order chi connectivity index (χ0) is 21.4. The minimum Gasteiger partial charge on any atom is -0.370 e. The van der Waals surface area contributed by atoms with Crippen molar-refractivity contribution in [3.63, 3.8) is 0 Å². The second-order valence-electron chi connectivity index (χ2n) is 7.57. The minimum absolute atomic E-state index is 0.326. The number of nitrogens with one attached hydrogen (secondary N) is 1. The standard InChI is InChI=1S/C22H23ClN4O3/c1-25-18-12-16(24-20(28)14-8-4-5-9-15(14)23)17(27-10-6-3-7-11-27)13-19(18)26(2)22(30)21(25)29/h4-5,8-9,12-13H,3,6-7,10-11H2,1-2H3,(H,24,28). The van der Waals surface area contributed by atoms with Crippen molar-refractivity contribution in [2.75, 3.05) is 23.3 Å². The van der Waals surface area contributed by atoms with E-state index in [1.807, 2.05) is 6.07 Å². The predicted octanol–water partition coefficient (Wildman–Crippen LogP) is 3.13. The van der Waals surface area contributed by atoms with Gasteiger partial charge in [0.15, 0.2) is 0 Å². The number of aryl methyl sites for hydroxylation is 2. The summed E-state index contributed by atoms with van der Waals surface area (Å²) in [6, 6.07) is 10.5. The van der Waals surface area contributed by atoms with E-state index in [4.69, 9.17) is 11.6 Å². The topological polar surface area (TPSA) is 76.3 Å². The summed E-state index contributed by atoms with van der Waals surface area (Å²) in [5.74, 6) is -0.326.